The highest BCUT2D eigenvalue weighted by Crippen LogP contribution is 2.26. The van der Waals surface area contributed by atoms with E-state index in [1.54, 1.807) is 0 Å². The Morgan fingerprint density at radius 3 is 2.29 bits per heavy atom. The normalized spacial score (nSPS) is 16.3. The van der Waals surface area contributed by atoms with Gasteiger partial charge in [0.15, 0.2) is 0 Å². The van der Waals surface area contributed by atoms with E-state index in [0.29, 0.717) is 12.8 Å². The first kappa shape index (κ1) is 11.6. The number of carbonyl (C=O) groups excluding carboxylic acids is 1. The monoisotopic (exact) mass is 233 g/mol. The SMILES string of the molecule is C[C@H](NC(=O)C1Cc2ccccc2C1)C(=O)O. The number of nitrogens with one attached hydrogen (secondary N) is 1. The maximum atomic E-state index is 11.9. The van der Waals surface area contributed by atoms with E-state index in [4.69, 9.17) is 5.11 Å². The van der Waals surface area contributed by atoms with Crippen molar-refractivity contribution in [3.63, 3.8) is 0 Å². The van der Waals surface area contributed by atoms with E-state index in [2.05, 4.69) is 5.32 Å². The van der Waals surface area contributed by atoms with E-state index < -0.39 is 12.0 Å². The molecule has 1 amide bonds. The first-order valence-electron chi connectivity index (χ1n) is 5.68. The number of hydrogen-bond acceptors (Lipinski definition) is 2. The maximum absolute atomic E-state index is 11.9. The Hall–Kier alpha value is -1.84. The van der Waals surface area contributed by atoms with Crippen molar-refractivity contribution in [3.8, 4) is 0 Å². The highest BCUT2D eigenvalue weighted by Gasteiger charge is 2.28. The predicted molar refractivity (Wildman–Crippen MR) is 62.6 cm³/mol. The minimum absolute atomic E-state index is 0.130. The van der Waals surface area contributed by atoms with Crippen LogP contribution in [0.2, 0.25) is 0 Å². The molecule has 0 bridgehead atoms. The third-order valence-corrected chi connectivity index (χ3v) is 3.15. The molecule has 4 nitrogen and oxygen atoms in total. The molecule has 0 heterocycles. The minimum atomic E-state index is -1.01. The van der Waals surface area contributed by atoms with Crippen LogP contribution < -0.4 is 5.32 Å². The average Bonchev–Trinajstić information content (AvgIpc) is 2.72. The molecule has 90 valence electrons. The second-order valence-electron chi connectivity index (χ2n) is 4.44. The molecular weight excluding hydrogens is 218 g/mol. The van der Waals surface area contributed by atoms with Crippen molar-refractivity contribution < 1.29 is 14.7 Å². The zero-order chi connectivity index (χ0) is 12.4. The van der Waals surface area contributed by atoms with Gasteiger partial charge in [0.1, 0.15) is 6.04 Å². The van der Waals surface area contributed by atoms with Crippen molar-refractivity contribution in [2.24, 2.45) is 5.92 Å². The van der Waals surface area contributed by atoms with Gasteiger partial charge in [-0.05, 0) is 30.9 Å². The van der Waals surface area contributed by atoms with Crippen LogP contribution >= 0.6 is 0 Å². The summed E-state index contributed by atoms with van der Waals surface area (Å²) in [5.74, 6) is -1.31. The molecule has 1 aliphatic carbocycles. The van der Waals surface area contributed by atoms with Crippen LogP contribution in [-0.2, 0) is 22.4 Å². The third kappa shape index (κ3) is 2.46. The van der Waals surface area contributed by atoms with Crippen molar-refractivity contribution >= 4 is 11.9 Å². The number of carboxylic acids is 1. The highest BCUT2D eigenvalue weighted by atomic mass is 16.4. The van der Waals surface area contributed by atoms with Crippen LogP contribution in [0.5, 0.6) is 0 Å². The van der Waals surface area contributed by atoms with Gasteiger partial charge in [-0.25, -0.2) is 0 Å². The van der Waals surface area contributed by atoms with Gasteiger partial charge < -0.3 is 10.4 Å². The molecule has 1 aromatic carbocycles. The molecule has 0 aromatic heterocycles. The van der Waals surface area contributed by atoms with Gasteiger partial charge in [0, 0.05) is 5.92 Å². The van der Waals surface area contributed by atoms with Crippen LogP contribution in [0.25, 0.3) is 0 Å². The van der Waals surface area contributed by atoms with Crippen LogP contribution in [0, 0.1) is 5.92 Å². The lowest BCUT2D eigenvalue weighted by molar-refractivity contribution is -0.141. The number of fused-ring (bicyclic) bond motifs is 1. The lowest BCUT2D eigenvalue weighted by Crippen LogP contribution is -2.41. The van der Waals surface area contributed by atoms with Gasteiger partial charge >= 0.3 is 5.97 Å². The van der Waals surface area contributed by atoms with Gasteiger partial charge in [0.05, 0.1) is 0 Å². The molecule has 0 saturated carbocycles. The summed E-state index contributed by atoms with van der Waals surface area (Å²) in [5, 5.41) is 11.3. The molecule has 0 saturated heterocycles. The van der Waals surface area contributed by atoms with Crippen molar-refractivity contribution in [3.05, 3.63) is 35.4 Å². The fraction of sp³-hybridized carbons (Fsp3) is 0.385. The fourth-order valence-electron chi connectivity index (χ4n) is 2.14. The zero-order valence-corrected chi connectivity index (χ0v) is 9.64. The van der Waals surface area contributed by atoms with Crippen LogP contribution in [0.15, 0.2) is 24.3 Å². The van der Waals surface area contributed by atoms with Crippen LogP contribution in [0.3, 0.4) is 0 Å². The molecule has 0 spiro atoms. The van der Waals surface area contributed by atoms with Crippen molar-refractivity contribution in [2.45, 2.75) is 25.8 Å². The Kier molecular flexibility index (Phi) is 3.13. The molecule has 1 aliphatic rings. The summed E-state index contributed by atoms with van der Waals surface area (Å²) in [7, 11) is 0. The van der Waals surface area contributed by atoms with Gasteiger partial charge in [-0.3, -0.25) is 9.59 Å². The lowest BCUT2D eigenvalue weighted by Gasteiger charge is -2.13. The van der Waals surface area contributed by atoms with Crippen LogP contribution in [0.1, 0.15) is 18.1 Å². The number of amides is 1. The van der Waals surface area contributed by atoms with E-state index in [-0.39, 0.29) is 11.8 Å². The largest absolute Gasteiger partial charge is 0.480 e. The number of carbonyl (C=O) groups is 2. The van der Waals surface area contributed by atoms with E-state index in [9.17, 15) is 9.59 Å². The molecule has 0 aliphatic heterocycles. The molecule has 1 aromatic rings. The van der Waals surface area contributed by atoms with E-state index in [1.165, 1.54) is 18.1 Å². The number of aliphatic carboxylic acids is 1. The number of hydrogen-bond donors (Lipinski definition) is 2. The summed E-state index contributed by atoms with van der Waals surface area (Å²) in [4.78, 5) is 22.5. The van der Waals surface area contributed by atoms with Crippen molar-refractivity contribution in [1.82, 2.24) is 5.32 Å². The first-order valence-corrected chi connectivity index (χ1v) is 5.68. The number of rotatable bonds is 3. The molecule has 0 unspecified atom stereocenters. The Morgan fingerprint density at radius 1 is 1.29 bits per heavy atom. The summed E-state index contributed by atoms with van der Waals surface area (Å²) < 4.78 is 0. The van der Waals surface area contributed by atoms with Gasteiger partial charge in [0.2, 0.25) is 5.91 Å². The van der Waals surface area contributed by atoms with Crippen molar-refractivity contribution in [1.29, 1.82) is 0 Å². The van der Waals surface area contributed by atoms with E-state index in [0.717, 1.165) is 0 Å². The molecule has 2 rings (SSSR count). The van der Waals surface area contributed by atoms with Crippen LogP contribution in [-0.4, -0.2) is 23.0 Å². The standard InChI is InChI=1S/C13H15NO3/c1-8(13(16)17)14-12(15)11-6-9-4-2-3-5-10(9)7-11/h2-5,8,11H,6-7H2,1H3,(H,14,15)(H,16,17)/t8-/m0/s1. The molecule has 1 atom stereocenters. The Balaban J connectivity index is 1.99. The summed E-state index contributed by atoms with van der Waals surface area (Å²) >= 11 is 0. The second-order valence-corrected chi connectivity index (χ2v) is 4.44. The number of carboxylic acid groups (broad SMARTS) is 1. The summed E-state index contributed by atoms with van der Waals surface area (Å²) in [6.07, 6.45) is 1.41. The molecular formula is C13H15NO3. The van der Waals surface area contributed by atoms with Gasteiger partial charge in [-0.15, -0.1) is 0 Å². The third-order valence-electron chi connectivity index (χ3n) is 3.15. The highest BCUT2D eigenvalue weighted by molar-refractivity contribution is 5.85. The zero-order valence-electron chi connectivity index (χ0n) is 9.64. The quantitative estimate of drug-likeness (QED) is 0.818. The van der Waals surface area contributed by atoms with Gasteiger partial charge in [0.25, 0.3) is 0 Å². The summed E-state index contributed by atoms with van der Waals surface area (Å²) in [6, 6.07) is 7.12. The van der Waals surface area contributed by atoms with E-state index >= 15 is 0 Å². The Morgan fingerprint density at radius 2 is 1.82 bits per heavy atom. The second kappa shape index (κ2) is 4.57. The van der Waals surface area contributed by atoms with Crippen molar-refractivity contribution in [2.75, 3.05) is 0 Å². The Labute approximate surface area is 99.6 Å². The Bertz CT molecular complexity index is 431. The minimum Gasteiger partial charge on any atom is -0.480 e. The average molecular weight is 233 g/mol. The van der Waals surface area contributed by atoms with Gasteiger partial charge in [-0.2, -0.15) is 0 Å². The van der Waals surface area contributed by atoms with Crippen LogP contribution in [0.4, 0.5) is 0 Å². The van der Waals surface area contributed by atoms with Gasteiger partial charge in [-0.1, -0.05) is 24.3 Å². The fourth-order valence-corrected chi connectivity index (χ4v) is 2.14. The molecule has 0 radical (unpaired) electrons. The number of benzene rings is 1. The first-order chi connectivity index (χ1) is 8.08. The molecule has 4 heteroatoms. The molecule has 17 heavy (non-hydrogen) atoms. The summed E-state index contributed by atoms with van der Waals surface area (Å²) in [5.41, 5.74) is 2.38. The smallest absolute Gasteiger partial charge is 0.325 e. The van der Waals surface area contributed by atoms with E-state index in [1.807, 2.05) is 24.3 Å². The topological polar surface area (TPSA) is 66.4 Å². The molecule has 2 N–H and O–H groups in total. The summed E-state index contributed by atoms with van der Waals surface area (Å²) in [6.45, 7) is 1.47. The molecule has 0 fully saturated rings. The predicted octanol–water partition coefficient (Wildman–Crippen LogP) is 0.991. The lowest BCUT2D eigenvalue weighted by atomic mass is 10.1. The maximum Gasteiger partial charge on any atom is 0.325 e.